The van der Waals surface area contributed by atoms with Crippen LogP contribution in [0.2, 0.25) is 0 Å². The quantitative estimate of drug-likeness (QED) is 0.815. The predicted octanol–water partition coefficient (Wildman–Crippen LogP) is 2.45. The lowest BCUT2D eigenvalue weighted by atomic mass is 10.1. The molecule has 0 radical (unpaired) electrons. The van der Waals surface area contributed by atoms with E-state index in [1.165, 1.54) is 0 Å². The van der Waals surface area contributed by atoms with E-state index in [0.29, 0.717) is 0 Å². The fourth-order valence-electron chi connectivity index (χ4n) is 1.69. The third-order valence-electron chi connectivity index (χ3n) is 2.40. The van der Waals surface area contributed by atoms with Crippen molar-refractivity contribution < 1.29 is 4.79 Å². The van der Waals surface area contributed by atoms with Gasteiger partial charge in [0.25, 0.3) is 0 Å². The van der Waals surface area contributed by atoms with Crippen LogP contribution in [0.25, 0.3) is 10.8 Å². The van der Waals surface area contributed by atoms with Gasteiger partial charge in [0.2, 0.25) is 5.91 Å². The molecule has 17 heavy (non-hydrogen) atoms. The summed E-state index contributed by atoms with van der Waals surface area (Å²) >= 11 is 4.70. The van der Waals surface area contributed by atoms with E-state index in [2.05, 4.69) is 5.32 Å². The number of hydrogen-bond donors (Lipinski definition) is 2. The minimum Gasteiger partial charge on any atom is -0.393 e. The molecular weight excluding hydrogens is 232 g/mol. The third-order valence-corrected chi connectivity index (χ3v) is 2.54. The largest absolute Gasteiger partial charge is 0.393 e. The molecule has 2 aromatic carbocycles. The maximum Gasteiger partial charge on any atom is 0.231 e. The van der Waals surface area contributed by atoms with Crippen LogP contribution in [0, 0.1) is 0 Å². The molecule has 86 valence electrons. The summed E-state index contributed by atoms with van der Waals surface area (Å²) in [4.78, 5) is 11.8. The van der Waals surface area contributed by atoms with Crippen LogP contribution in [0.4, 0.5) is 5.69 Å². The Kier molecular flexibility index (Phi) is 3.35. The van der Waals surface area contributed by atoms with Gasteiger partial charge in [0, 0.05) is 11.1 Å². The van der Waals surface area contributed by atoms with Crippen molar-refractivity contribution >= 4 is 39.6 Å². The standard InChI is InChI=1S/C13H12N2OS/c14-12(17)8-13(16)15-11-7-3-5-9-4-1-2-6-10(9)11/h1-7H,8H2,(H2,14,17)(H,15,16). The maximum absolute atomic E-state index is 11.6. The minimum absolute atomic E-state index is 0.0680. The molecule has 0 aliphatic heterocycles. The van der Waals surface area contributed by atoms with E-state index < -0.39 is 0 Å². The van der Waals surface area contributed by atoms with Gasteiger partial charge in [0.15, 0.2) is 0 Å². The van der Waals surface area contributed by atoms with Crippen LogP contribution in [0.5, 0.6) is 0 Å². The van der Waals surface area contributed by atoms with E-state index in [-0.39, 0.29) is 17.3 Å². The number of benzene rings is 2. The fourth-order valence-corrected chi connectivity index (χ4v) is 1.82. The van der Waals surface area contributed by atoms with Crippen molar-refractivity contribution in [1.29, 1.82) is 0 Å². The van der Waals surface area contributed by atoms with Gasteiger partial charge in [0.1, 0.15) is 0 Å². The van der Waals surface area contributed by atoms with Crippen LogP contribution in [-0.2, 0) is 4.79 Å². The summed E-state index contributed by atoms with van der Waals surface area (Å²) in [5.74, 6) is -0.186. The lowest BCUT2D eigenvalue weighted by Gasteiger charge is -2.08. The van der Waals surface area contributed by atoms with Gasteiger partial charge in [-0.25, -0.2) is 0 Å². The number of thiocarbonyl (C=S) groups is 1. The topological polar surface area (TPSA) is 55.1 Å². The first-order chi connectivity index (χ1) is 8.16. The summed E-state index contributed by atoms with van der Waals surface area (Å²) in [5.41, 5.74) is 6.11. The summed E-state index contributed by atoms with van der Waals surface area (Å²) in [5, 5.41) is 4.90. The zero-order chi connectivity index (χ0) is 12.3. The average Bonchev–Trinajstić information content (AvgIpc) is 2.28. The van der Waals surface area contributed by atoms with Gasteiger partial charge >= 0.3 is 0 Å². The normalized spacial score (nSPS) is 10.1. The molecule has 1 amide bonds. The Morgan fingerprint density at radius 2 is 1.88 bits per heavy atom. The van der Waals surface area contributed by atoms with E-state index in [4.69, 9.17) is 18.0 Å². The Balaban J connectivity index is 2.30. The van der Waals surface area contributed by atoms with Crippen molar-refractivity contribution in [2.75, 3.05) is 5.32 Å². The van der Waals surface area contributed by atoms with Gasteiger partial charge in [-0.2, -0.15) is 0 Å². The van der Waals surface area contributed by atoms with Crippen LogP contribution in [0.3, 0.4) is 0 Å². The molecule has 0 aliphatic carbocycles. The Morgan fingerprint density at radius 3 is 2.65 bits per heavy atom. The summed E-state index contributed by atoms with van der Waals surface area (Å²) in [6.45, 7) is 0. The van der Waals surface area contributed by atoms with Crippen LogP contribution in [-0.4, -0.2) is 10.9 Å². The first kappa shape index (κ1) is 11.5. The van der Waals surface area contributed by atoms with Crippen LogP contribution < -0.4 is 11.1 Å². The molecule has 2 rings (SSSR count). The monoisotopic (exact) mass is 244 g/mol. The molecule has 4 heteroatoms. The zero-order valence-electron chi connectivity index (χ0n) is 9.14. The van der Waals surface area contributed by atoms with Gasteiger partial charge in [-0.3, -0.25) is 4.79 Å². The van der Waals surface area contributed by atoms with E-state index in [9.17, 15) is 4.79 Å². The third kappa shape index (κ3) is 2.79. The first-order valence-electron chi connectivity index (χ1n) is 5.23. The molecule has 0 atom stereocenters. The highest BCUT2D eigenvalue weighted by molar-refractivity contribution is 7.80. The van der Waals surface area contributed by atoms with Crippen molar-refractivity contribution in [2.45, 2.75) is 6.42 Å². The number of nitrogens with one attached hydrogen (secondary N) is 1. The molecule has 0 bridgehead atoms. The Morgan fingerprint density at radius 1 is 1.18 bits per heavy atom. The van der Waals surface area contributed by atoms with Crippen molar-refractivity contribution in [1.82, 2.24) is 0 Å². The highest BCUT2D eigenvalue weighted by Crippen LogP contribution is 2.22. The molecule has 0 heterocycles. The molecule has 2 aromatic rings. The Bertz CT molecular complexity index is 575. The highest BCUT2D eigenvalue weighted by Gasteiger charge is 2.06. The summed E-state index contributed by atoms with van der Waals surface area (Å²) in [6, 6.07) is 13.6. The average molecular weight is 244 g/mol. The molecule has 3 N–H and O–H groups in total. The fraction of sp³-hybridized carbons (Fsp3) is 0.0769. The summed E-state index contributed by atoms with van der Waals surface area (Å²) in [6.07, 6.45) is 0.0680. The van der Waals surface area contributed by atoms with E-state index in [0.717, 1.165) is 16.5 Å². The molecule has 3 nitrogen and oxygen atoms in total. The number of hydrogen-bond acceptors (Lipinski definition) is 2. The number of rotatable bonds is 3. The lowest BCUT2D eigenvalue weighted by molar-refractivity contribution is -0.115. The second kappa shape index (κ2) is 4.93. The Labute approximate surface area is 105 Å². The van der Waals surface area contributed by atoms with Crippen molar-refractivity contribution in [3.8, 4) is 0 Å². The molecular formula is C13H12N2OS. The van der Waals surface area contributed by atoms with Gasteiger partial charge in [-0.1, -0.05) is 48.6 Å². The number of carbonyl (C=O) groups excluding carboxylic acids is 1. The molecule has 0 saturated heterocycles. The molecule has 0 saturated carbocycles. The van der Waals surface area contributed by atoms with E-state index >= 15 is 0 Å². The van der Waals surface area contributed by atoms with Crippen molar-refractivity contribution in [3.05, 3.63) is 42.5 Å². The number of nitrogens with two attached hydrogens (primary N) is 1. The minimum atomic E-state index is -0.186. The predicted molar refractivity (Wildman–Crippen MR) is 74.0 cm³/mol. The maximum atomic E-state index is 11.6. The van der Waals surface area contributed by atoms with Gasteiger partial charge in [-0.15, -0.1) is 0 Å². The molecule has 0 spiro atoms. The summed E-state index contributed by atoms with van der Waals surface area (Å²) in [7, 11) is 0. The van der Waals surface area contributed by atoms with Gasteiger partial charge in [-0.05, 0) is 11.5 Å². The number of carbonyl (C=O) groups is 1. The second-order valence-corrected chi connectivity index (χ2v) is 4.24. The van der Waals surface area contributed by atoms with E-state index in [1.807, 2.05) is 42.5 Å². The van der Waals surface area contributed by atoms with Crippen molar-refractivity contribution in [3.63, 3.8) is 0 Å². The van der Waals surface area contributed by atoms with Gasteiger partial charge < -0.3 is 11.1 Å². The van der Waals surface area contributed by atoms with Crippen LogP contribution >= 0.6 is 12.2 Å². The first-order valence-corrected chi connectivity index (χ1v) is 5.63. The van der Waals surface area contributed by atoms with Crippen molar-refractivity contribution in [2.24, 2.45) is 5.73 Å². The molecule has 0 aromatic heterocycles. The van der Waals surface area contributed by atoms with Crippen LogP contribution in [0.1, 0.15) is 6.42 Å². The number of fused-ring (bicyclic) bond motifs is 1. The number of amides is 1. The highest BCUT2D eigenvalue weighted by atomic mass is 32.1. The second-order valence-electron chi connectivity index (χ2n) is 3.72. The van der Waals surface area contributed by atoms with Gasteiger partial charge in [0.05, 0.1) is 11.4 Å². The number of anilines is 1. The van der Waals surface area contributed by atoms with Crippen LogP contribution in [0.15, 0.2) is 42.5 Å². The van der Waals surface area contributed by atoms with E-state index in [1.54, 1.807) is 0 Å². The molecule has 0 aliphatic rings. The molecule has 0 unspecified atom stereocenters. The zero-order valence-corrected chi connectivity index (χ0v) is 9.96. The molecule has 0 fully saturated rings. The Hall–Kier alpha value is -1.94. The summed E-state index contributed by atoms with van der Waals surface area (Å²) < 4.78 is 0. The lowest BCUT2D eigenvalue weighted by Crippen LogP contribution is -2.20. The SMILES string of the molecule is NC(=S)CC(=O)Nc1cccc2ccccc12. The smallest absolute Gasteiger partial charge is 0.231 e.